The van der Waals surface area contributed by atoms with Crippen molar-refractivity contribution in [3.05, 3.63) is 47.9 Å². The Kier molecular flexibility index (Phi) is 3.20. The molecule has 0 aliphatic carbocycles. The molecule has 0 atom stereocenters. The van der Waals surface area contributed by atoms with Crippen LogP contribution in [0.25, 0.3) is 0 Å². The third-order valence-corrected chi connectivity index (χ3v) is 2.86. The molecule has 1 aromatic carbocycles. The van der Waals surface area contributed by atoms with Gasteiger partial charge in [0.1, 0.15) is 5.76 Å². The molecular weight excluding hydrogens is 246 g/mol. The lowest BCUT2D eigenvalue weighted by molar-refractivity contribution is 0.0990. The van der Waals surface area contributed by atoms with Gasteiger partial charge in [0.2, 0.25) is 6.79 Å². The fourth-order valence-corrected chi connectivity index (χ4v) is 1.88. The van der Waals surface area contributed by atoms with Crippen LogP contribution < -0.4 is 14.8 Å². The Morgan fingerprint density at radius 2 is 2.11 bits per heavy atom. The molecule has 0 bridgehead atoms. The van der Waals surface area contributed by atoms with Crippen LogP contribution in [0.15, 0.2) is 41.0 Å². The normalized spacial score (nSPS) is 12.6. The number of Topliss-reactive ketones (excluding diaryl/α,β-unsaturated/α-hetero) is 1. The number of nitrogens with one attached hydrogen (secondary N) is 1. The van der Waals surface area contributed by atoms with Crippen molar-refractivity contribution in [2.24, 2.45) is 0 Å². The van der Waals surface area contributed by atoms with Gasteiger partial charge in [0.15, 0.2) is 17.3 Å². The second kappa shape index (κ2) is 5.16. The zero-order valence-electron chi connectivity index (χ0n) is 10.2. The quantitative estimate of drug-likeness (QED) is 0.832. The first-order chi connectivity index (χ1) is 9.33. The third kappa shape index (κ3) is 2.61. The van der Waals surface area contributed by atoms with E-state index in [1.165, 1.54) is 0 Å². The summed E-state index contributed by atoms with van der Waals surface area (Å²) in [7, 11) is 0. The Bertz CT molecular complexity index is 577. The van der Waals surface area contributed by atoms with E-state index in [2.05, 4.69) is 5.32 Å². The third-order valence-electron chi connectivity index (χ3n) is 2.86. The minimum Gasteiger partial charge on any atom is -0.468 e. The molecule has 0 amide bonds. The molecule has 0 fully saturated rings. The van der Waals surface area contributed by atoms with Gasteiger partial charge >= 0.3 is 0 Å². The minimum atomic E-state index is 0.00450. The van der Waals surface area contributed by atoms with Crippen LogP contribution >= 0.6 is 0 Å². The Balaban J connectivity index is 1.58. The number of hydrogen-bond donors (Lipinski definition) is 1. The van der Waals surface area contributed by atoms with Crippen molar-refractivity contribution in [1.82, 2.24) is 5.32 Å². The molecule has 0 saturated carbocycles. The summed E-state index contributed by atoms with van der Waals surface area (Å²) in [5, 5.41) is 3.04. The van der Waals surface area contributed by atoms with E-state index in [0.717, 1.165) is 5.76 Å². The van der Waals surface area contributed by atoms with Gasteiger partial charge in [-0.2, -0.15) is 0 Å². The number of furan rings is 1. The van der Waals surface area contributed by atoms with E-state index in [0.29, 0.717) is 23.6 Å². The summed E-state index contributed by atoms with van der Waals surface area (Å²) in [6.07, 6.45) is 1.61. The zero-order valence-corrected chi connectivity index (χ0v) is 10.2. The molecule has 5 nitrogen and oxygen atoms in total. The molecule has 19 heavy (non-hydrogen) atoms. The number of benzene rings is 1. The van der Waals surface area contributed by atoms with Gasteiger partial charge in [-0.15, -0.1) is 0 Å². The lowest BCUT2D eigenvalue weighted by atomic mass is 10.1. The monoisotopic (exact) mass is 259 g/mol. The first-order valence-corrected chi connectivity index (χ1v) is 5.99. The lowest BCUT2D eigenvalue weighted by Gasteiger charge is -2.03. The summed E-state index contributed by atoms with van der Waals surface area (Å²) in [4.78, 5) is 12.0. The Morgan fingerprint density at radius 1 is 1.21 bits per heavy atom. The first-order valence-electron chi connectivity index (χ1n) is 5.99. The molecule has 0 saturated heterocycles. The molecule has 1 aliphatic heterocycles. The maximum atomic E-state index is 12.0. The SMILES string of the molecule is O=C(CNCc1ccco1)c1ccc2c(c1)OCO2. The van der Waals surface area contributed by atoms with Crippen LogP contribution in [0.3, 0.4) is 0 Å². The highest BCUT2D eigenvalue weighted by molar-refractivity contribution is 5.98. The van der Waals surface area contributed by atoms with Gasteiger partial charge in [0.25, 0.3) is 0 Å². The number of fused-ring (bicyclic) bond motifs is 1. The van der Waals surface area contributed by atoms with Gasteiger partial charge < -0.3 is 19.2 Å². The average molecular weight is 259 g/mol. The van der Waals surface area contributed by atoms with E-state index in [9.17, 15) is 4.79 Å². The van der Waals surface area contributed by atoms with Crippen LogP contribution in [0.2, 0.25) is 0 Å². The van der Waals surface area contributed by atoms with Gasteiger partial charge in [0.05, 0.1) is 19.4 Å². The number of carbonyl (C=O) groups is 1. The lowest BCUT2D eigenvalue weighted by Crippen LogP contribution is -2.22. The van der Waals surface area contributed by atoms with Gasteiger partial charge in [-0.05, 0) is 30.3 Å². The second-order valence-corrected chi connectivity index (χ2v) is 4.17. The predicted molar refractivity (Wildman–Crippen MR) is 67.3 cm³/mol. The molecule has 0 unspecified atom stereocenters. The average Bonchev–Trinajstić information content (AvgIpc) is 3.08. The van der Waals surface area contributed by atoms with Crippen molar-refractivity contribution >= 4 is 5.78 Å². The van der Waals surface area contributed by atoms with E-state index in [1.807, 2.05) is 12.1 Å². The number of rotatable bonds is 5. The van der Waals surface area contributed by atoms with Crippen LogP contribution in [0.1, 0.15) is 16.1 Å². The molecule has 0 radical (unpaired) electrons. The molecule has 0 spiro atoms. The van der Waals surface area contributed by atoms with Crippen LogP contribution in [0.5, 0.6) is 11.5 Å². The van der Waals surface area contributed by atoms with Crippen molar-refractivity contribution < 1.29 is 18.7 Å². The highest BCUT2D eigenvalue weighted by Crippen LogP contribution is 2.32. The van der Waals surface area contributed by atoms with Gasteiger partial charge in [-0.3, -0.25) is 4.79 Å². The number of carbonyl (C=O) groups excluding carboxylic acids is 1. The summed E-state index contributed by atoms with van der Waals surface area (Å²) in [5.41, 5.74) is 0.608. The van der Waals surface area contributed by atoms with E-state index >= 15 is 0 Å². The Hall–Kier alpha value is -2.27. The first kappa shape index (κ1) is 11.8. The standard InChI is InChI=1S/C14H13NO4/c16-12(8-15-7-11-2-1-5-17-11)10-3-4-13-14(6-10)19-9-18-13/h1-6,15H,7-9H2. The van der Waals surface area contributed by atoms with E-state index in [1.54, 1.807) is 24.5 Å². The van der Waals surface area contributed by atoms with Gasteiger partial charge in [-0.1, -0.05) is 0 Å². The summed E-state index contributed by atoms with van der Waals surface area (Å²) in [6.45, 7) is 0.993. The molecular formula is C14H13NO4. The van der Waals surface area contributed by atoms with Crippen molar-refractivity contribution in [3.8, 4) is 11.5 Å². The number of hydrogen-bond acceptors (Lipinski definition) is 5. The summed E-state index contributed by atoms with van der Waals surface area (Å²) >= 11 is 0. The second-order valence-electron chi connectivity index (χ2n) is 4.17. The Labute approximate surface area is 110 Å². The molecule has 2 heterocycles. The highest BCUT2D eigenvalue weighted by Gasteiger charge is 2.15. The molecule has 1 aromatic heterocycles. The van der Waals surface area contributed by atoms with E-state index < -0.39 is 0 Å². The highest BCUT2D eigenvalue weighted by atomic mass is 16.7. The van der Waals surface area contributed by atoms with Crippen molar-refractivity contribution in [3.63, 3.8) is 0 Å². The van der Waals surface area contributed by atoms with Crippen molar-refractivity contribution in [2.45, 2.75) is 6.54 Å². The van der Waals surface area contributed by atoms with Crippen LogP contribution in [-0.2, 0) is 6.54 Å². The molecule has 3 rings (SSSR count). The largest absolute Gasteiger partial charge is 0.468 e. The van der Waals surface area contributed by atoms with Crippen molar-refractivity contribution in [1.29, 1.82) is 0 Å². The molecule has 1 aliphatic rings. The van der Waals surface area contributed by atoms with E-state index in [-0.39, 0.29) is 19.1 Å². The fraction of sp³-hybridized carbons (Fsp3) is 0.214. The minimum absolute atomic E-state index is 0.00450. The maximum absolute atomic E-state index is 12.0. The van der Waals surface area contributed by atoms with Crippen LogP contribution in [0.4, 0.5) is 0 Å². The Morgan fingerprint density at radius 3 is 2.95 bits per heavy atom. The van der Waals surface area contributed by atoms with Gasteiger partial charge in [-0.25, -0.2) is 0 Å². The molecule has 1 N–H and O–H groups in total. The summed E-state index contributed by atoms with van der Waals surface area (Å²) < 4.78 is 15.6. The summed E-state index contributed by atoms with van der Waals surface area (Å²) in [5.74, 6) is 2.11. The topological polar surface area (TPSA) is 60.7 Å². The fourth-order valence-electron chi connectivity index (χ4n) is 1.88. The number of ketones is 1. The zero-order chi connectivity index (χ0) is 13.1. The van der Waals surface area contributed by atoms with Crippen LogP contribution in [-0.4, -0.2) is 19.1 Å². The van der Waals surface area contributed by atoms with Crippen LogP contribution in [0, 0.1) is 0 Å². The van der Waals surface area contributed by atoms with Gasteiger partial charge in [0, 0.05) is 5.56 Å². The summed E-state index contributed by atoms with van der Waals surface area (Å²) in [6, 6.07) is 8.88. The molecule has 5 heteroatoms. The van der Waals surface area contributed by atoms with E-state index in [4.69, 9.17) is 13.9 Å². The molecule has 98 valence electrons. The predicted octanol–water partition coefficient (Wildman–Crippen LogP) is 1.98. The smallest absolute Gasteiger partial charge is 0.231 e. The van der Waals surface area contributed by atoms with Crippen molar-refractivity contribution in [2.75, 3.05) is 13.3 Å². The number of ether oxygens (including phenoxy) is 2. The maximum Gasteiger partial charge on any atom is 0.231 e. The molecule has 2 aromatic rings.